The van der Waals surface area contributed by atoms with Crippen LogP contribution in [0.4, 0.5) is 4.79 Å². The van der Waals surface area contributed by atoms with Crippen molar-refractivity contribution >= 4 is 20.9 Å². The average molecular weight is 310 g/mol. The molecule has 0 saturated carbocycles. The first kappa shape index (κ1) is 16.1. The zero-order valence-corrected chi connectivity index (χ0v) is 14.4. The minimum absolute atomic E-state index is 0.0193. The van der Waals surface area contributed by atoms with Gasteiger partial charge in [0.1, 0.15) is 11.6 Å². The Kier molecular flexibility index (Phi) is 3.95. The molecule has 0 spiro atoms. The van der Waals surface area contributed by atoms with E-state index in [9.17, 15) is 9.59 Å². The molecule has 0 aromatic heterocycles. The van der Waals surface area contributed by atoms with Crippen molar-refractivity contribution in [3.8, 4) is 0 Å². The van der Waals surface area contributed by atoms with E-state index in [1.54, 1.807) is 0 Å². The fourth-order valence-corrected chi connectivity index (χ4v) is 5.86. The van der Waals surface area contributed by atoms with Crippen LogP contribution in [0.1, 0.15) is 27.2 Å². The second kappa shape index (κ2) is 5.16. The number of hydrogen-bond donors (Lipinski definition) is 0. The van der Waals surface area contributed by atoms with Crippen molar-refractivity contribution in [2.24, 2.45) is 0 Å². The second-order valence-electron chi connectivity index (χ2n) is 6.92. The predicted molar refractivity (Wildman–Crippen MR) is 81.6 cm³/mol. The normalized spacial score (nSPS) is 32.8. The molecular weight excluding hydrogens is 286 g/mol. The van der Waals surface area contributed by atoms with Gasteiger partial charge in [-0.1, -0.05) is 19.2 Å². The summed E-state index contributed by atoms with van der Waals surface area (Å²) in [6.45, 7) is 14.3. The van der Waals surface area contributed by atoms with Crippen LogP contribution in [0.2, 0.25) is 18.1 Å². The summed E-state index contributed by atoms with van der Waals surface area (Å²) >= 11 is 0. The Morgan fingerprint density at radius 1 is 1.43 bits per heavy atom. The molecule has 2 heterocycles. The Morgan fingerprint density at radius 2 is 2.05 bits per heavy atom. The predicted octanol–water partition coefficient (Wildman–Crippen LogP) is 2.60. The molecule has 0 aromatic carbocycles. The summed E-state index contributed by atoms with van der Waals surface area (Å²) in [6, 6.07) is 0.0193. The van der Waals surface area contributed by atoms with E-state index in [2.05, 4.69) is 19.7 Å². The highest BCUT2D eigenvalue weighted by molar-refractivity contribution is 6.66. The molecule has 1 radical (unpaired) electrons. The van der Waals surface area contributed by atoms with Gasteiger partial charge >= 0.3 is 6.16 Å². The summed E-state index contributed by atoms with van der Waals surface area (Å²) in [5.74, 6) is 0.0871. The molecule has 2 aliphatic rings. The highest BCUT2D eigenvalue weighted by Gasteiger charge is 2.69. The van der Waals surface area contributed by atoms with Crippen LogP contribution in [0.15, 0.2) is 12.7 Å². The monoisotopic (exact) mass is 310 g/mol. The van der Waals surface area contributed by atoms with Gasteiger partial charge in [0.2, 0.25) is 5.91 Å². The minimum atomic E-state index is -1.05. The Bertz CT molecular complexity index is 471. The SMILES string of the molecule is C=CCC1N(C(C)(C)C)C(=O)C1(C1COC(=O)O1)[Si](C)C. The van der Waals surface area contributed by atoms with Crippen LogP contribution < -0.4 is 0 Å². The average Bonchev–Trinajstić information content (AvgIpc) is 2.73. The lowest BCUT2D eigenvalue weighted by molar-refractivity contribution is -0.170. The molecule has 0 aromatic rings. The fraction of sp³-hybridized carbons (Fsp3) is 0.733. The highest BCUT2D eigenvalue weighted by atomic mass is 28.3. The third kappa shape index (κ3) is 2.20. The zero-order valence-electron chi connectivity index (χ0n) is 13.4. The maximum Gasteiger partial charge on any atom is 0.508 e. The molecule has 2 saturated heterocycles. The number of β-lactam (4-membered cyclic amide) rings is 1. The van der Waals surface area contributed by atoms with Crippen LogP contribution >= 0.6 is 0 Å². The first-order valence-electron chi connectivity index (χ1n) is 7.26. The summed E-state index contributed by atoms with van der Waals surface area (Å²) in [4.78, 5) is 26.3. The summed E-state index contributed by atoms with van der Waals surface area (Å²) in [5, 5.41) is -0.613. The number of ether oxygens (including phenoxy) is 2. The molecule has 2 fully saturated rings. The fourth-order valence-electron chi connectivity index (χ4n) is 3.62. The van der Waals surface area contributed by atoms with Crippen molar-refractivity contribution in [2.75, 3.05) is 6.61 Å². The number of nitrogens with zero attached hydrogens (tertiary/aromatic N) is 1. The molecule has 0 aliphatic carbocycles. The standard InChI is InChI=1S/C15H24NO4Si/c1-7-8-10-15(21(5)6,11-9-19-13(18)20-11)12(17)16(10)14(2,3)4/h7,10-11H,1,8-9H2,2-6H3. The number of carbonyl (C=O) groups excluding carboxylic acids is 2. The Labute approximate surface area is 127 Å². The van der Waals surface area contributed by atoms with E-state index in [-0.39, 0.29) is 24.1 Å². The maximum atomic E-state index is 13.0. The lowest BCUT2D eigenvalue weighted by Gasteiger charge is -2.63. The number of carbonyl (C=O) groups is 2. The van der Waals surface area contributed by atoms with Gasteiger partial charge in [0.25, 0.3) is 0 Å². The van der Waals surface area contributed by atoms with Crippen LogP contribution in [0.25, 0.3) is 0 Å². The minimum Gasteiger partial charge on any atom is -0.430 e. The molecule has 0 bridgehead atoms. The van der Waals surface area contributed by atoms with E-state index >= 15 is 0 Å². The van der Waals surface area contributed by atoms with Crippen molar-refractivity contribution < 1.29 is 19.1 Å². The first-order chi connectivity index (χ1) is 9.67. The number of amides is 1. The van der Waals surface area contributed by atoms with Crippen LogP contribution in [0, 0.1) is 0 Å². The third-order valence-corrected chi connectivity index (χ3v) is 6.97. The van der Waals surface area contributed by atoms with Crippen LogP contribution in [0.5, 0.6) is 0 Å². The number of rotatable bonds is 4. The van der Waals surface area contributed by atoms with E-state index in [0.717, 1.165) is 0 Å². The van der Waals surface area contributed by atoms with E-state index < -0.39 is 26.1 Å². The van der Waals surface area contributed by atoms with Gasteiger partial charge in [0.15, 0.2) is 6.10 Å². The van der Waals surface area contributed by atoms with Gasteiger partial charge in [-0.25, -0.2) is 4.79 Å². The van der Waals surface area contributed by atoms with Crippen molar-refractivity contribution in [2.45, 2.75) is 63.0 Å². The van der Waals surface area contributed by atoms with E-state index in [4.69, 9.17) is 9.47 Å². The van der Waals surface area contributed by atoms with Crippen molar-refractivity contribution in [1.29, 1.82) is 0 Å². The molecule has 3 atom stereocenters. The van der Waals surface area contributed by atoms with E-state index in [0.29, 0.717) is 6.42 Å². The molecule has 1 amide bonds. The van der Waals surface area contributed by atoms with Crippen molar-refractivity contribution in [3.05, 3.63) is 12.7 Å². The molecule has 3 unspecified atom stereocenters. The van der Waals surface area contributed by atoms with E-state index in [1.807, 2.05) is 31.7 Å². The van der Waals surface area contributed by atoms with Gasteiger partial charge in [-0.2, -0.15) is 0 Å². The number of hydrogen-bond acceptors (Lipinski definition) is 4. The van der Waals surface area contributed by atoms with Crippen molar-refractivity contribution in [1.82, 2.24) is 4.90 Å². The lowest BCUT2D eigenvalue weighted by Crippen LogP contribution is -2.76. The zero-order chi connectivity index (χ0) is 16.0. The van der Waals surface area contributed by atoms with Gasteiger partial charge < -0.3 is 14.4 Å². The van der Waals surface area contributed by atoms with Gasteiger partial charge in [0, 0.05) is 5.54 Å². The summed E-state index contributed by atoms with van der Waals surface area (Å²) in [6.07, 6.45) is 1.41. The van der Waals surface area contributed by atoms with E-state index in [1.165, 1.54) is 0 Å². The maximum absolute atomic E-state index is 13.0. The Morgan fingerprint density at radius 3 is 2.43 bits per heavy atom. The first-order valence-corrected chi connectivity index (χ1v) is 9.76. The van der Waals surface area contributed by atoms with Gasteiger partial charge in [-0.15, -0.1) is 6.58 Å². The quantitative estimate of drug-likeness (QED) is 0.347. The molecule has 5 nitrogen and oxygen atoms in total. The summed E-state index contributed by atoms with van der Waals surface area (Å²) in [7, 11) is -1.05. The number of cyclic esters (lactones) is 2. The highest BCUT2D eigenvalue weighted by Crippen LogP contribution is 2.57. The molecule has 21 heavy (non-hydrogen) atoms. The van der Waals surface area contributed by atoms with Crippen LogP contribution in [0.3, 0.4) is 0 Å². The Balaban J connectivity index is 2.42. The van der Waals surface area contributed by atoms with Crippen molar-refractivity contribution in [3.63, 3.8) is 0 Å². The van der Waals surface area contributed by atoms with Crippen LogP contribution in [-0.2, 0) is 14.3 Å². The third-order valence-electron chi connectivity index (χ3n) is 4.45. The van der Waals surface area contributed by atoms with Crippen LogP contribution in [-0.4, -0.2) is 50.1 Å². The van der Waals surface area contributed by atoms with Gasteiger partial charge in [-0.3, -0.25) is 4.79 Å². The molecule has 117 valence electrons. The largest absolute Gasteiger partial charge is 0.508 e. The molecule has 2 aliphatic heterocycles. The van der Waals surface area contributed by atoms with Gasteiger partial charge in [0.05, 0.1) is 14.8 Å². The molecule has 0 N–H and O–H groups in total. The topological polar surface area (TPSA) is 55.8 Å². The number of likely N-dealkylation sites (tertiary alicyclic amines) is 1. The Hall–Kier alpha value is -1.30. The second-order valence-corrected chi connectivity index (χ2v) is 9.75. The van der Waals surface area contributed by atoms with Gasteiger partial charge in [-0.05, 0) is 27.2 Å². The summed E-state index contributed by atoms with van der Waals surface area (Å²) in [5.41, 5.74) is -0.255. The summed E-state index contributed by atoms with van der Waals surface area (Å²) < 4.78 is 10.3. The smallest absolute Gasteiger partial charge is 0.430 e. The molecular formula is C15H24NO4Si. The molecule has 2 rings (SSSR count). The molecule has 6 heteroatoms. The lowest BCUT2D eigenvalue weighted by atomic mass is 9.76.